The highest BCUT2D eigenvalue weighted by Gasteiger charge is 2.41. The van der Waals surface area contributed by atoms with Crippen LogP contribution in [0.25, 0.3) is 0 Å². The van der Waals surface area contributed by atoms with E-state index < -0.39 is 0 Å². The predicted molar refractivity (Wildman–Crippen MR) is 57.7 cm³/mol. The minimum Gasteiger partial charge on any atom is -0.326 e. The predicted octanol–water partition coefficient (Wildman–Crippen LogP) is 1.84. The number of rotatable bonds is 3. The minimum absolute atomic E-state index is 0.341. The molecule has 0 radical (unpaired) electrons. The van der Waals surface area contributed by atoms with Crippen molar-refractivity contribution in [2.24, 2.45) is 11.1 Å². The number of nitrogens with zero attached hydrogens (tertiary/aromatic N) is 1. The van der Waals surface area contributed by atoms with E-state index in [-0.39, 0.29) is 0 Å². The van der Waals surface area contributed by atoms with Crippen LogP contribution in [0.15, 0.2) is 0 Å². The third kappa shape index (κ3) is 2.05. The molecule has 1 aliphatic carbocycles. The molecule has 0 aromatic heterocycles. The van der Waals surface area contributed by atoms with Gasteiger partial charge in [-0.15, -0.1) is 0 Å². The zero-order chi connectivity index (χ0) is 10.1. The summed E-state index contributed by atoms with van der Waals surface area (Å²) in [6.07, 6.45) is 2.55. The Morgan fingerprint density at radius 3 is 2.15 bits per heavy atom. The van der Waals surface area contributed by atoms with Crippen molar-refractivity contribution in [3.63, 3.8) is 0 Å². The molecule has 0 spiro atoms. The molecule has 0 aromatic carbocycles. The van der Waals surface area contributed by atoms with Crippen molar-refractivity contribution in [3.8, 4) is 0 Å². The molecule has 1 rings (SSSR count). The first-order valence-electron chi connectivity index (χ1n) is 5.52. The summed E-state index contributed by atoms with van der Waals surface area (Å²) in [6, 6.07) is 0.970. The van der Waals surface area contributed by atoms with Gasteiger partial charge in [-0.05, 0) is 31.3 Å². The first kappa shape index (κ1) is 11.0. The van der Waals surface area contributed by atoms with Gasteiger partial charge in [-0.3, -0.25) is 4.90 Å². The van der Waals surface area contributed by atoms with Crippen LogP contribution in [-0.4, -0.2) is 30.1 Å². The summed E-state index contributed by atoms with van der Waals surface area (Å²) in [7, 11) is 0. The third-order valence-electron chi connectivity index (χ3n) is 3.68. The first-order valence-corrected chi connectivity index (χ1v) is 5.52. The van der Waals surface area contributed by atoms with E-state index in [1.165, 1.54) is 12.8 Å². The Kier molecular flexibility index (Phi) is 3.36. The molecule has 2 nitrogen and oxygen atoms in total. The standard InChI is InChI=1S/C11H24N2/c1-5-13(6-2)9-7-8-11(3,4)10(9)12/h9-10H,5-8,12H2,1-4H3. The summed E-state index contributed by atoms with van der Waals surface area (Å²) in [4.78, 5) is 2.50. The quantitative estimate of drug-likeness (QED) is 0.725. The van der Waals surface area contributed by atoms with Crippen molar-refractivity contribution in [1.29, 1.82) is 0 Å². The molecule has 0 aromatic rings. The second-order valence-corrected chi connectivity index (χ2v) is 4.84. The maximum atomic E-state index is 6.27. The molecule has 2 N–H and O–H groups in total. The molecule has 1 aliphatic rings. The van der Waals surface area contributed by atoms with Crippen LogP contribution in [0.4, 0.5) is 0 Å². The first-order chi connectivity index (χ1) is 6.03. The molecule has 1 fully saturated rings. The lowest BCUT2D eigenvalue weighted by atomic mass is 9.87. The molecule has 2 unspecified atom stereocenters. The lowest BCUT2D eigenvalue weighted by Gasteiger charge is -2.33. The number of hydrogen-bond donors (Lipinski definition) is 1. The van der Waals surface area contributed by atoms with Gasteiger partial charge in [0.25, 0.3) is 0 Å². The van der Waals surface area contributed by atoms with E-state index >= 15 is 0 Å². The van der Waals surface area contributed by atoms with Gasteiger partial charge < -0.3 is 5.73 Å². The Bertz CT molecular complexity index is 161. The zero-order valence-corrected chi connectivity index (χ0v) is 9.51. The lowest BCUT2D eigenvalue weighted by Crippen LogP contribution is -2.49. The van der Waals surface area contributed by atoms with Gasteiger partial charge in [0.2, 0.25) is 0 Å². The summed E-state index contributed by atoms with van der Waals surface area (Å²) in [6.45, 7) is 11.3. The summed E-state index contributed by atoms with van der Waals surface area (Å²) in [5.41, 5.74) is 6.61. The summed E-state index contributed by atoms with van der Waals surface area (Å²) in [5, 5.41) is 0. The molecular formula is C11H24N2. The molecular weight excluding hydrogens is 160 g/mol. The Labute approximate surface area is 82.5 Å². The molecule has 0 bridgehead atoms. The largest absolute Gasteiger partial charge is 0.326 e. The van der Waals surface area contributed by atoms with E-state index in [1.807, 2.05) is 0 Å². The van der Waals surface area contributed by atoms with Crippen LogP contribution in [0.3, 0.4) is 0 Å². The number of nitrogens with two attached hydrogens (primary N) is 1. The van der Waals surface area contributed by atoms with Gasteiger partial charge in [-0.1, -0.05) is 27.7 Å². The fraction of sp³-hybridized carbons (Fsp3) is 1.00. The molecule has 1 saturated carbocycles. The van der Waals surface area contributed by atoms with E-state index in [0.29, 0.717) is 17.5 Å². The van der Waals surface area contributed by atoms with Crippen LogP contribution < -0.4 is 5.73 Å². The average molecular weight is 184 g/mol. The van der Waals surface area contributed by atoms with Crippen LogP contribution in [-0.2, 0) is 0 Å². The Morgan fingerprint density at radius 1 is 1.31 bits per heavy atom. The smallest absolute Gasteiger partial charge is 0.0252 e. The van der Waals surface area contributed by atoms with E-state index in [1.54, 1.807) is 0 Å². The highest BCUT2D eigenvalue weighted by molar-refractivity contribution is 4.98. The van der Waals surface area contributed by atoms with E-state index in [2.05, 4.69) is 32.6 Å². The van der Waals surface area contributed by atoms with Gasteiger partial charge in [0, 0.05) is 12.1 Å². The highest BCUT2D eigenvalue weighted by Crippen LogP contribution is 2.38. The monoisotopic (exact) mass is 184 g/mol. The molecule has 0 saturated heterocycles. The van der Waals surface area contributed by atoms with Gasteiger partial charge >= 0.3 is 0 Å². The average Bonchev–Trinajstić information content (AvgIpc) is 2.34. The lowest BCUT2D eigenvalue weighted by molar-refractivity contribution is 0.179. The van der Waals surface area contributed by atoms with Crippen molar-refractivity contribution in [3.05, 3.63) is 0 Å². The Hall–Kier alpha value is -0.0800. The van der Waals surface area contributed by atoms with E-state index in [4.69, 9.17) is 5.73 Å². The Balaban J connectivity index is 2.63. The zero-order valence-electron chi connectivity index (χ0n) is 9.51. The normalized spacial score (nSPS) is 32.8. The molecule has 2 atom stereocenters. The molecule has 78 valence electrons. The van der Waals surface area contributed by atoms with Crippen molar-refractivity contribution < 1.29 is 0 Å². The van der Waals surface area contributed by atoms with Crippen LogP contribution in [0, 0.1) is 5.41 Å². The van der Waals surface area contributed by atoms with Gasteiger partial charge in [0.05, 0.1) is 0 Å². The topological polar surface area (TPSA) is 29.3 Å². The van der Waals surface area contributed by atoms with Crippen molar-refractivity contribution >= 4 is 0 Å². The number of hydrogen-bond acceptors (Lipinski definition) is 2. The van der Waals surface area contributed by atoms with Crippen molar-refractivity contribution in [1.82, 2.24) is 4.90 Å². The third-order valence-corrected chi connectivity index (χ3v) is 3.68. The van der Waals surface area contributed by atoms with Crippen LogP contribution in [0.1, 0.15) is 40.5 Å². The van der Waals surface area contributed by atoms with Gasteiger partial charge in [0.1, 0.15) is 0 Å². The summed E-state index contributed by atoms with van der Waals surface area (Å²) >= 11 is 0. The molecule has 13 heavy (non-hydrogen) atoms. The van der Waals surface area contributed by atoms with Gasteiger partial charge in [-0.25, -0.2) is 0 Å². The fourth-order valence-corrected chi connectivity index (χ4v) is 2.49. The maximum Gasteiger partial charge on any atom is 0.0252 e. The molecule has 2 heteroatoms. The molecule has 0 heterocycles. The molecule has 0 aliphatic heterocycles. The fourth-order valence-electron chi connectivity index (χ4n) is 2.49. The SMILES string of the molecule is CCN(CC)C1CCC(C)(C)C1N. The number of likely N-dealkylation sites (N-methyl/N-ethyl adjacent to an activating group) is 1. The summed E-state index contributed by atoms with van der Waals surface area (Å²) < 4.78 is 0. The second-order valence-electron chi connectivity index (χ2n) is 4.84. The van der Waals surface area contributed by atoms with Crippen molar-refractivity contribution in [2.45, 2.75) is 52.6 Å². The van der Waals surface area contributed by atoms with Crippen LogP contribution in [0.5, 0.6) is 0 Å². The maximum absolute atomic E-state index is 6.27. The van der Waals surface area contributed by atoms with Gasteiger partial charge in [0.15, 0.2) is 0 Å². The van der Waals surface area contributed by atoms with E-state index in [9.17, 15) is 0 Å². The Morgan fingerprint density at radius 2 is 1.85 bits per heavy atom. The highest BCUT2D eigenvalue weighted by atomic mass is 15.2. The van der Waals surface area contributed by atoms with Crippen molar-refractivity contribution in [2.75, 3.05) is 13.1 Å². The van der Waals surface area contributed by atoms with Crippen LogP contribution in [0.2, 0.25) is 0 Å². The summed E-state index contributed by atoms with van der Waals surface area (Å²) in [5.74, 6) is 0. The minimum atomic E-state index is 0.341. The van der Waals surface area contributed by atoms with Gasteiger partial charge in [-0.2, -0.15) is 0 Å². The van der Waals surface area contributed by atoms with Crippen LogP contribution >= 0.6 is 0 Å². The molecule has 0 amide bonds. The van der Waals surface area contributed by atoms with E-state index in [0.717, 1.165) is 13.1 Å². The second kappa shape index (κ2) is 3.97.